The van der Waals surface area contributed by atoms with Crippen molar-refractivity contribution in [2.24, 2.45) is 0 Å². The SMILES string of the molecule is O=C(c1ccc(CN2CCC2)cc1)c1ccccc1F. The Labute approximate surface area is 117 Å². The Balaban J connectivity index is 1.76. The second kappa shape index (κ2) is 5.55. The van der Waals surface area contributed by atoms with E-state index >= 15 is 0 Å². The van der Waals surface area contributed by atoms with Crippen molar-refractivity contribution in [3.05, 3.63) is 71.0 Å². The van der Waals surface area contributed by atoms with Crippen LogP contribution in [-0.2, 0) is 6.54 Å². The first-order valence-electron chi connectivity index (χ1n) is 6.84. The molecule has 0 spiro atoms. The third kappa shape index (κ3) is 2.63. The Hall–Kier alpha value is -2.00. The van der Waals surface area contributed by atoms with E-state index in [2.05, 4.69) is 4.90 Å². The van der Waals surface area contributed by atoms with Gasteiger partial charge >= 0.3 is 0 Å². The van der Waals surface area contributed by atoms with E-state index in [1.54, 1.807) is 24.3 Å². The molecule has 102 valence electrons. The van der Waals surface area contributed by atoms with Gasteiger partial charge in [-0.15, -0.1) is 0 Å². The van der Waals surface area contributed by atoms with E-state index in [1.807, 2.05) is 12.1 Å². The predicted molar refractivity (Wildman–Crippen MR) is 76.2 cm³/mol. The molecule has 0 bridgehead atoms. The van der Waals surface area contributed by atoms with Gasteiger partial charge in [-0.05, 0) is 37.2 Å². The highest BCUT2D eigenvalue weighted by Crippen LogP contribution is 2.16. The molecule has 0 N–H and O–H groups in total. The average Bonchev–Trinajstić information content (AvgIpc) is 2.43. The third-order valence-corrected chi connectivity index (χ3v) is 3.69. The quantitative estimate of drug-likeness (QED) is 0.794. The van der Waals surface area contributed by atoms with E-state index in [4.69, 9.17) is 0 Å². The topological polar surface area (TPSA) is 20.3 Å². The Morgan fingerprint density at radius 3 is 2.35 bits per heavy atom. The fourth-order valence-corrected chi connectivity index (χ4v) is 2.36. The molecule has 2 aromatic rings. The minimum atomic E-state index is -0.470. The van der Waals surface area contributed by atoms with Crippen molar-refractivity contribution in [1.29, 1.82) is 0 Å². The van der Waals surface area contributed by atoms with Crippen molar-refractivity contribution in [2.45, 2.75) is 13.0 Å². The summed E-state index contributed by atoms with van der Waals surface area (Å²) in [7, 11) is 0. The highest BCUT2D eigenvalue weighted by atomic mass is 19.1. The maximum Gasteiger partial charge on any atom is 0.195 e. The number of hydrogen-bond donors (Lipinski definition) is 0. The summed E-state index contributed by atoms with van der Waals surface area (Å²) in [5.74, 6) is -0.735. The molecule has 0 unspecified atom stereocenters. The van der Waals surface area contributed by atoms with Crippen LogP contribution in [0.5, 0.6) is 0 Å². The van der Waals surface area contributed by atoms with Crippen molar-refractivity contribution < 1.29 is 9.18 Å². The minimum absolute atomic E-state index is 0.128. The van der Waals surface area contributed by atoms with Crippen molar-refractivity contribution in [2.75, 3.05) is 13.1 Å². The lowest BCUT2D eigenvalue weighted by molar-refractivity contribution is 0.103. The molecular weight excluding hydrogens is 253 g/mol. The standard InChI is InChI=1S/C17H16FNO/c18-16-5-2-1-4-15(16)17(20)14-8-6-13(7-9-14)12-19-10-3-11-19/h1-2,4-9H,3,10-12H2. The molecule has 0 aromatic heterocycles. The molecule has 1 aliphatic heterocycles. The molecular formula is C17H16FNO. The molecule has 2 aromatic carbocycles. The lowest BCUT2D eigenvalue weighted by Crippen LogP contribution is -2.36. The van der Waals surface area contributed by atoms with Crippen molar-refractivity contribution in [3.63, 3.8) is 0 Å². The molecule has 3 heteroatoms. The number of likely N-dealkylation sites (tertiary alicyclic amines) is 1. The van der Waals surface area contributed by atoms with E-state index in [1.165, 1.54) is 24.1 Å². The average molecular weight is 269 g/mol. The number of carbonyl (C=O) groups is 1. The van der Waals surface area contributed by atoms with Crippen LogP contribution in [0.4, 0.5) is 4.39 Å². The molecule has 20 heavy (non-hydrogen) atoms. The fraction of sp³-hybridized carbons (Fsp3) is 0.235. The zero-order valence-corrected chi connectivity index (χ0v) is 11.2. The van der Waals surface area contributed by atoms with Gasteiger partial charge < -0.3 is 0 Å². The number of nitrogens with zero attached hydrogens (tertiary/aromatic N) is 1. The Bertz CT molecular complexity index is 617. The van der Waals surface area contributed by atoms with Gasteiger partial charge in [0.2, 0.25) is 0 Å². The van der Waals surface area contributed by atoms with Crippen LogP contribution in [-0.4, -0.2) is 23.8 Å². The van der Waals surface area contributed by atoms with Crippen LogP contribution in [0.25, 0.3) is 0 Å². The van der Waals surface area contributed by atoms with Crippen LogP contribution in [0, 0.1) is 5.82 Å². The van der Waals surface area contributed by atoms with Crippen molar-refractivity contribution >= 4 is 5.78 Å². The summed E-state index contributed by atoms with van der Waals surface area (Å²) < 4.78 is 13.6. The number of rotatable bonds is 4. The molecule has 0 aliphatic carbocycles. The number of hydrogen-bond acceptors (Lipinski definition) is 2. The number of carbonyl (C=O) groups excluding carboxylic acids is 1. The van der Waals surface area contributed by atoms with Gasteiger partial charge in [0.1, 0.15) is 5.82 Å². The van der Waals surface area contributed by atoms with Gasteiger partial charge in [-0.1, -0.05) is 36.4 Å². The molecule has 0 atom stereocenters. The first kappa shape index (κ1) is 13.0. The van der Waals surface area contributed by atoms with Gasteiger partial charge in [0.05, 0.1) is 5.56 Å². The molecule has 1 saturated heterocycles. The van der Waals surface area contributed by atoms with Gasteiger partial charge in [-0.25, -0.2) is 4.39 Å². The Kier molecular flexibility index (Phi) is 3.61. The Morgan fingerprint density at radius 2 is 1.75 bits per heavy atom. The van der Waals surface area contributed by atoms with Crippen LogP contribution in [0.3, 0.4) is 0 Å². The molecule has 0 amide bonds. The van der Waals surface area contributed by atoms with E-state index in [9.17, 15) is 9.18 Å². The van der Waals surface area contributed by atoms with E-state index in [-0.39, 0.29) is 11.3 Å². The summed E-state index contributed by atoms with van der Waals surface area (Å²) in [4.78, 5) is 14.6. The van der Waals surface area contributed by atoms with Gasteiger partial charge in [0.25, 0.3) is 0 Å². The molecule has 0 saturated carbocycles. The Morgan fingerprint density at radius 1 is 1.05 bits per heavy atom. The van der Waals surface area contributed by atoms with Crippen molar-refractivity contribution in [3.8, 4) is 0 Å². The zero-order valence-electron chi connectivity index (χ0n) is 11.2. The summed E-state index contributed by atoms with van der Waals surface area (Å²) in [6, 6.07) is 13.6. The van der Waals surface area contributed by atoms with Crippen LogP contribution >= 0.6 is 0 Å². The number of benzene rings is 2. The second-order valence-corrected chi connectivity index (χ2v) is 5.14. The first-order valence-corrected chi connectivity index (χ1v) is 6.84. The number of ketones is 1. The summed E-state index contributed by atoms with van der Waals surface area (Å²) >= 11 is 0. The van der Waals surface area contributed by atoms with E-state index in [0.29, 0.717) is 5.56 Å². The second-order valence-electron chi connectivity index (χ2n) is 5.14. The van der Waals surface area contributed by atoms with Crippen molar-refractivity contribution in [1.82, 2.24) is 4.90 Å². The fourth-order valence-electron chi connectivity index (χ4n) is 2.36. The van der Waals surface area contributed by atoms with Gasteiger partial charge in [0.15, 0.2) is 5.78 Å². The van der Waals surface area contributed by atoms with E-state index < -0.39 is 5.82 Å². The minimum Gasteiger partial charge on any atom is -0.299 e. The van der Waals surface area contributed by atoms with Gasteiger partial charge in [0, 0.05) is 12.1 Å². The monoisotopic (exact) mass is 269 g/mol. The largest absolute Gasteiger partial charge is 0.299 e. The van der Waals surface area contributed by atoms with Crippen LogP contribution in [0.2, 0.25) is 0 Å². The third-order valence-electron chi connectivity index (χ3n) is 3.69. The highest BCUT2D eigenvalue weighted by molar-refractivity contribution is 6.09. The molecule has 3 rings (SSSR count). The molecule has 1 aliphatic rings. The molecule has 0 radical (unpaired) electrons. The van der Waals surface area contributed by atoms with Crippen LogP contribution in [0.15, 0.2) is 48.5 Å². The highest BCUT2D eigenvalue weighted by Gasteiger charge is 2.15. The molecule has 1 fully saturated rings. The summed E-state index contributed by atoms with van der Waals surface area (Å²) in [5.41, 5.74) is 1.85. The molecule has 1 heterocycles. The maximum absolute atomic E-state index is 13.6. The van der Waals surface area contributed by atoms with Gasteiger partial charge in [-0.3, -0.25) is 9.69 Å². The lowest BCUT2D eigenvalue weighted by atomic mass is 10.0. The lowest BCUT2D eigenvalue weighted by Gasteiger charge is -2.30. The van der Waals surface area contributed by atoms with E-state index in [0.717, 1.165) is 19.6 Å². The normalized spacial score (nSPS) is 14.8. The maximum atomic E-state index is 13.6. The first-order chi connectivity index (χ1) is 9.74. The smallest absolute Gasteiger partial charge is 0.195 e. The molecule has 2 nitrogen and oxygen atoms in total. The summed E-state index contributed by atoms with van der Waals surface area (Å²) in [6.07, 6.45) is 1.27. The summed E-state index contributed by atoms with van der Waals surface area (Å²) in [5, 5.41) is 0. The van der Waals surface area contributed by atoms with Crippen LogP contribution in [0.1, 0.15) is 27.9 Å². The predicted octanol–water partition coefficient (Wildman–Crippen LogP) is 3.26. The zero-order chi connectivity index (χ0) is 13.9. The van der Waals surface area contributed by atoms with Gasteiger partial charge in [-0.2, -0.15) is 0 Å². The summed E-state index contributed by atoms with van der Waals surface area (Å²) in [6.45, 7) is 3.22. The van der Waals surface area contributed by atoms with Crippen LogP contribution < -0.4 is 0 Å². The number of halogens is 1.